The molecular formula is C24H28N4O3. The van der Waals surface area contributed by atoms with E-state index in [2.05, 4.69) is 10.6 Å². The summed E-state index contributed by atoms with van der Waals surface area (Å²) in [6, 6.07) is 16.8. The van der Waals surface area contributed by atoms with Crippen LogP contribution in [-0.2, 0) is 9.59 Å². The molecule has 2 aliphatic rings. The molecule has 0 bridgehead atoms. The maximum Gasteiger partial charge on any atom is 0.325 e. The van der Waals surface area contributed by atoms with Gasteiger partial charge >= 0.3 is 6.03 Å². The third kappa shape index (κ3) is 3.87. The molecule has 2 aromatic carbocycles. The highest BCUT2D eigenvalue weighted by molar-refractivity contribution is 6.10. The van der Waals surface area contributed by atoms with Crippen molar-refractivity contribution < 1.29 is 14.4 Å². The van der Waals surface area contributed by atoms with Gasteiger partial charge in [-0.25, -0.2) is 4.79 Å². The van der Waals surface area contributed by atoms with Crippen LogP contribution < -0.4 is 15.5 Å². The standard InChI is InChI=1S/C24H28N4O3/c1-17-10-8-9-15-24(17)22(30)28(23(31)26-24)16-21(29)25-19-13-6-7-14-20(19)27(2)18-11-4-3-5-12-18/h3-7,11-14,17H,8-10,15-16H2,1-2H3,(H,25,29)(H,26,31). The fourth-order valence-corrected chi connectivity index (χ4v) is 4.63. The lowest BCUT2D eigenvalue weighted by atomic mass is 9.73. The number of rotatable bonds is 5. The first-order valence-electron chi connectivity index (χ1n) is 10.7. The topological polar surface area (TPSA) is 81.8 Å². The number of anilines is 3. The Hall–Kier alpha value is -3.35. The van der Waals surface area contributed by atoms with E-state index in [1.165, 1.54) is 0 Å². The highest BCUT2D eigenvalue weighted by atomic mass is 16.2. The molecule has 4 rings (SSSR count). The minimum absolute atomic E-state index is 0.0611. The van der Waals surface area contributed by atoms with E-state index in [0.717, 1.165) is 35.5 Å². The lowest BCUT2D eigenvalue weighted by Crippen LogP contribution is -2.54. The van der Waals surface area contributed by atoms with Gasteiger partial charge in [0.15, 0.2) is 0 Å². The summed E-state index contributed by atoms with van der Waals surface area (Å²) in [5, 5.41) is 5.77. The lowest BCUT2D eigenvalue weighted by Gasteiger charge is -2.36. The van der Waals surface area contributed by atoms with Gasteiger partial charge in [0.2, 0.25) is 5.91 Å². The van der Waals surface area contributed by atoms with Gasteiger partial charge in [-0.05, 0) is 43.0 Å². The number of nitrogens with one attached hydrogen (secondary N) is 2. The minimum atomic E-state index is -0.860. The number of para-hydroxylation sites is 3. The molecule has 162 valence electrons. The van der Waals surface area contributed by atoms with Gasteiger partial charge in [0.05, 0.1) is 11.4 Å². The van der Waals surface area contributed by atoms with E-state index in [0.29, 0.717) is 12.1 Å². The van der Waals surface area contributed by atoms with Crippen molar-refractivity contribution >= 4 is 34.9 Å². The van der Waals surface area contributed by atoms with Crippen molar-refractivity contribution in [1.29, 1.82) is 0 Å². The van der Waals surface area contributed by atoms with Gasteiger partial charge in [0.25, 0.3) is 5.91 Å². The molecule has 7 heteroatoms. The van der Waals surface area contributed by atoms with Gasteiger partial charge in [0, 0.05) is 12.7 Å². The van der Waals surface area contributed by atoms with Gasteiger partial charge in [-0.3, -0.25) is 14.5 Å². The van der Waals surface area contributed by atoms with Gasteiger partial charge in [-0.2, -0.15) is 0 Å². The first kappa shape index (κ1) is 20.9. The number of imide groups is 1. The third-order valence-electron chi connectivity index (χ3n) is 6.49. The fourth-order valence-electron chi connectivity index (χ4n) is 4.63. The quantitative estimate of drug-likeness (QED) is 0.719. The van der Waals surface area contributed by atoms with Crippen molar-refractivity contribution in [3.8, 4) is 0 Å². The van der Waals surface area contributed by atoms with Crippen molar-refractivity contribution in [2.45, 2.75) is 38.1 Å². The van der Waals surface area contributed by atoms with Gasteiger partial charge in [-0.1, -0.05) is 50.1 Å². The highest BCUT2D eigenvalue weighted by Gasteiger charge is 2.55. The predicted molar refractivity (Wildman–Crippen MR) is 120 cm³/mol. The maximum atomic E-state index is 13.1. The van der Waals surface area contributed by atoms with Crippen LogP contribution in [0.5, 0.6) is 0 Å². The molecule has 2 unspecified atom stereocenters. The molecule has 2 N–H and O–H groups in total. The van der Waals surface area contributed by atoms with E-state index in [1.807, 2.05) is 73.5 Å². The Labute approximate surface area is 182 Å². The number of hydrogen-bond donors (Lipinski definition) is 2. The number of carbonyl (C=O) groups excluding carboxylic acids is 3. The zero-order valence-electron chi connectivity index (χ0n) is 17.9. The maximum absolute atomic E-state index is 13.1. The Bertz CT molecular complexity index is 993. The molecule has 0 radical (unpaired) electrons. The summed E-state index contributed by atoms with van der Waals surface area (Å²) in [7, 11) is 1.92. The number of hydrogen-bond acceptors (Lipinski definition) is 4. The molecule has 4 amide bonds. The Morgan fingerprint density at radius 1 is 1.13 bits per heavy atom. The second kappa shape index (κ2) is 8.41. The number of benzene rings is 2. The van der Waals surface area contributed by atoms with Gasteiger partial charge in [-0.15, -0.1) is 0 Å². The zero-order valence-corrected chi connectivity index (χ0v) is 17.9. The predicted octanol–water partition coefficient (Wildman–Crippen LogP) is 3.89. The fraction of sp³-hybridized carbons (Fsp3) is 0.375. The number of carbonyl (C=O) groups is 3. The second-order valence-electron chi connectivity index (χ2n) is 8.40. The van der Waals surface area contributed by atoms with Crippen molar-refractivity contribution in [2.75, 3.05) is 23.8 Å². The van der Waals surface area contributed by atoms with Gasteiger partial charge in [0.1, 0.15) is 12.1 Å². The number of urea groups is 1. The van der Waals surface area contributed by atoms with Crippen LogP contribution in [-0.4, -0.2) is 41.9 Å². The van der Waals surface area contributed by atoms with Crippen LogP contribution in [0.1, 0.15) is 32.6 Å². The van der Waals surface area contributed by atoms with E-state index in [9.17, 15) is 14.4 Å². The SMILES string of the molecule is CC1CCCCC12NC(=O)N(CC(=O)Nc1ccccc1N(C)c1ccccc1)C2=O. The summed E-state index contributed by atoms with van der Waals surface area (Å²) >= 11 is 0. The summed E-state index contributed by atoms with van der Waals surface area (Å²) < 4.78 is 0. The smallest absolute Gasteiger partial charge is 0.325 e. The van der Waals surface area contributed by atoms with Crippen LogP contribution >= 0.6 is 0 Å². The average molecular weight is 421 g/mol. The van der Waals surface area contributed by atoms with Crippen LogP contribution in [0.25, 0.3) is 0 Å². The van der Waals surface area contributed by atoms with E-state index >= 15 is 0 Å². The monoisotopic (exact) mass is 420 g/mol. The molecule has 1 saturated carbocycles. The summed E-state index contributed by atoms with van der Waals surface area (Å²) in [6.07, 6.45) is 3.47. The second-order valence-corrected chi connectivity index (χ2v) is 8.40. The average Bonchev–Trinajstić information content (AvgIpc) is 3.01. The number of nitrogens with zero attached hydrogens (tertiary/aromatic N) is 2. The van der Waals surface area contributed by atoms with Crippen LogP contribution in [0.15, 0.2) is 54.6 Å². The van der Waals surface area contributed by atoms with Crippen LogP contribution in [0.3, 0.4) is 0 Å². The van der Waals surface area contributed by atoms with Crippen molar-refractivity contribution in [2.24, 2.45) is 5.92 Å². The van der Waals surface area contributed by atoms with Gasteiger partial charge < -0.3 is 15.5 Å². The molecule has 7 nitrogen and oxygen atoms in total. The molecule has 31 heavy (non-hydrogen) atoms. The normalized spacial score (nSPS) is 23.0. The van der Waals surface area contributed by atoms with E-state index in [1.54, 1.807) is 0 Å². The van der Waals surface area contributed by atoms with Crippen molar-refractivity contribution in [3.63, 3.8) is 0 Å². The molecule has 2 aromatic rings. The van der Waals surface area contributed by atoms with Crippen LogP contribution in [0, 0.1) is 5.92 Å². The van der Waals surface area contributed by atoms with E-state index < -0.39 is 17.5 Å². The molecule has 1 aliphatic carbocycles. The molecule has 1 saturated heterocycles. The molecule has 1 aliphatic heterocycles. The van der Waals surface area contributed by atoms with Crippen LogP contribution in [0.4, 0.5) is 21.9 Å². The third-order valence-corrected chi connectivity index (χ3v) is 6.49. The first-order valence-corrected chi connectivity index (χ1v) is 10.7. The minimum Gasteiger partial charge on any atom is -0.343 e. The summed E-state index contributed by atoms with van der Waals surface area (Å²) in [5.74, 6) is -0.626. The Morgan fingerprint density at radius 3 is 2.58 bits per heavy atom. The van der Waals surface area contributed by atoms with Crippen molar-refractivity contribution in [1.82, 2.24) is 10.2 Å². The Balaban J connectivity index is 1.49. The molecule has 1 spiro atoms. The van der Waals surface area contributed by atoms with E-state index in [-0.39, 0.29) is 18.4 Å². The summed E-state index contributed by atoms with van der Waals surface area (Å²) in [6.45, 7) is 1.69. The Morgan fingerprint density at radius 2 is 1.84 bits per heavy atom. The lowest BCUT2D eigenvalue weighted by molar-refractivity contribution is -0.136. The van der Waals surface area contributed by atoms with Crippen molar-refractivity contribution in [3.05, 3.63) is 54.6 Å². The molecule has 2 atom stereocenters. The molecular weight excluding hydrogens is 392 g/mol. The number of amides is 4. The largest absolute Gasteiger partial charge is 0.343 e. The summed E-state index contributed by atoms with van der Waals surface area (Å²) in [5.41, 5.74) is 1.55. The molecule has 2 fully saturated rings. The summed E-state index contributed by atoms with van der Waals surface area (Å²) in [4.78, 5) is 41.5. The molecule has 1 heterocycles. The highest BCUT2D eigenvalue weighted by Crippen LogP contribution is 2.38. The molecule has 0 aromatic heterocycles. The van der Waals surface area contributed by atoms with Crippen LogP contribution in [0.2, 0.25) is 0 Å². The van der Waals surface area contributed by atoms with E-state index in [4.69, 9.17) is 0 Å². The Kier molecular flexibility index (Phi) is 5.67. The first-order chi connectivity index (χ1) is 14.9. The zero-order chi connectivity index (χ0) is 22.0.